The number of rotatable bonds is 2. The Hall–Kier alpha value is -1.04. The number of hydrogen-bond donors (Lipinski definition) is 2. The molecule has 1 heterocycles. The summed E-state index contributed by atoms with van der Waals surface area (Å²) in [4.78, 5) is 25.0. The average Bonchev–Trinajstić information content (AvgIpc) is 3.06. The van der Waals surface area contributed by atoms with Gasteiger partial charge in [0.15, 0.2) is 11.6 Å². The van der Waals surface area contributed by atoms with Crippen molar-refractivity contribution < 1.29 is 24.5 Å². The molecular formula is C21H28O5. The van der Waals surface area contributed by atoms with Crippen LogP contribution in [0.2, 0.25) is 0 Å². The maximum Gasteiger partial charge on any atom is 0.190 e. The van der Waals surface area contributed by atoms with Crippen LogP contribution in [0.5, 0.6) is 0 Å². The van der Waals surface area contributed by atoms with Gasteiger partial charge in [0.25, 0.3) is 0 Å². The van der Waals surface area contributed by atoms with E-state index in [9.17, 15) is 19.8 Å². The second-order valence-electron chi connectivity index (χ2n) is 9.76. The monoisotopic (exact) mass is 360 g/mol. The Morgan fingerprint density at radius 3 is 2.81 bits per heavy atom. The fraction of sp³-hybridized carbons (Fsp3) is 0.810. The molecule has 5 nitrogen and oxygen atoms in total. The lowest BCUT2D eigenvalue weighted by atomic mass is 9.45. The van der Waals surface area contributed by atoms with Crippen molar-refractivity contribution in [2.75, 3.05) is 6.61 Å². The van der Waals surface area contributed by atoms with Crippen molar-refractivity contribution in [1.29, 1.82) is 0 Å². The van der Waals surface area contributed by atoms with Gasteiger partial charge in [-0.25, -0.2) is 0 Å². The Bertz CT molecular complexity index is 715. The molecule has 2 N–H and O–H groups in total. The Kier molecular flexibility index (Phi) is 3.33. The van der Waals surface area contributed by atoms with Gasteiger partial charge in [0.05, 0.1) is 6.10 Å². The van der Waals surface area contributed by atoms with Gasteiger partial charge >= 0.3 is 0 Å². The predicted molar refractivity (Wildman–Crippen MR) is 93.1 cm³/mol. The van der Waals surface area contributed by atoms with E-state index in [0.29, 0.717) is 30.6 Å². The number of fused-ring (bicyclic) bond motifs is 2. The largest absolute Gasteiger partial charge is 0.388 e. The lowest BCUT2D eigenvalue weighted by Gasteiger charge is -2.58. The molecule has 0 aromatic heterocycles. The fourth-order valence-corrected chi connectivity index (χ4v) is 7.91. The van der Waals surface area contributed by atoms with Crippen molar-refractivity contribution in [2.24, 2.45) is 34.5 Å². The summed E-state index contributed by atoms with van der Waals surface area (Å²) in [7, 11) is 0. The lowest BCUT2D eigenvalue weighted by molar-refractivity contribution is -0.172. The smallest absolute Gasteiger partial charge is 0.190 e. The molecule has 0 aromatic carbocycles. The highest BCUT2D eigenvalue weighted by Crippen LogP contribution is 2.70. The first kappa shape index (κ1) is 17.1. The van der Waals surface area contributed by atoms with Crippen LogP contribution in [0.4, 0.5) is 0 Å². The number of carbonyl (C=O) groups excluding carboxylic acids is 2. The van der Waals surface area contributed by atoms with E-state index in [2.05, 4.69) is 13.0 Å². The molecule has 0 amide bonds. The number of Topliss-reactive ketones (excluding diaryl/α,β-unsaturated/α-hetero) is 1. The molecular weight excluding hydrogens is 332 g/mol. The summed E-state index contributed by atoms with van der Waals surface area (Å²) in [6, 6.07) is 0. The average molecular weight is 360 g/mol. The van der Waals surface area contributed by atoms with E-state index in [1.807, 2.05) is 6.92 Å². The molecule has 5 aliphatic rings. The van der Waals surface area contributed by atoms with Crippen LogP contribution in [0.25, 0.3) is 0 Å². The van der Waals surface area contributed by atoms with Crippen LogP contribution in [0, 0.1) is 34.5 Å². The fourth-order valence-electron chi connectivity index (χ4n) is 7.91. The van der Waals surface area contributed by atoms with Crippen molar-refractivity contribution in [3.05, 3.63) is 12.2 Å². The maximum atomic E-state index is 12.6. The van der Waals surface area contributed by atoms with Crippen LogP contribution in [0.3, 0.4) is 0 Å². The van der Waals surface area contributed by atoms with Crippen LogP contribution >= 0.6 is 0 Å². The minimum Gasteiger partial charge on any atom is -0.388 e. The zero-order valence-corrected chi connectivity index (χ0v) is 15.5. The molecule has 0 radical (unpaired) electrons. The summed E-state index contributed by atoms with van der Waals surface area (Å²) >= 11 is 0. The SMILES string of the molecule is C[C@]12C3C=CC(=O)[C@H]1O[C@H]1C[C@@]4(C)[C@@H](CC[C@]4(O)C(=O)CO)[C@H](CC3)[C@H]12. The Labute approximate surface area is 153 Å². The molecule has 5 heteroatoms. The third kappa shape index (κ3) is 1.69. The highest BCUT2D eigenvalue weighted by atomic mass is 16.5. The molecule has 9 atom stereocenters. The molecule has 26 heavy (non-hydrogen) atoms. The van der Waals surface area contributed by atoms with Crippen LogP contribution in [-0.4, -0.2) is 46.2 Å². The van der Waals surface area contributed by atoms with E-state index >= 15 is 0 Å². The maximum absolute atomic E-state index is 12.6. The standard InChI is InChI=1S/C21H28O5/c1-19-9-15-17-12(13(19)7-8-21(19,25)16(24)10-22)5-3-11-4-6-14(23)18(26-15)20(11,17)2/h4,6,11-13,15,17-18,22,25H,3,5,7-10H2,1-2H3/t11?,12-,13-,15-,17+,18+,19-,20+,21-/m0/s1. The summed E-state index contributed by atoms with van der Waals surface area (Å²) in [6.07, 6.45) is 7.21. The second kappa shape index (κ2) is 5.06. The molecule has 1 aliphatic heterocycles. The van der Waals surface area contributed by atoms with Crippen molar-refractivity contribution in [3.8, 4) is 0 Å². The van der Waals surface area contributed by atoms with Gasteiger partial charge in [-0.3, -0.25) is 9.59 Å². The number of ether oxygens (including phenoxy) is 1. The van der Waals surface area contributed by atoms with E-state index in [1.54, 1.807) is 6.08 Å². The molecule has 0 spiro atoms. The molecule has 1 unspecified atom stereocenters. The molecule has 4 fully saturated rings. The number of aliphatic hydroxyl groups is 2. The van der Waals surface area contributed by atoms with Gasteiger partial charge in [0, 0.05) is 10.8 Å². The van der Waals surface area contributed by atoms with Gasteiger partial charge in [-0.15, -0.1) is 0 Å². The van der Waals surface area contributed by atoms with Crippen LogP contribution in [0.1, 0.15) is 46.0 Å². The molecule has 3 saturated carbocycles. The van der Waals surface area contributed by atoms with E-state index in [-0.39, 0.29) is 29.3 Å². The first-order chi connectivity index (χ1) is 12.3. The van der Waals surface area contributed by atoms with Gasteiger partial charge in [-0.2, -0.15) is 0 Å². The van der Waals surface area contributed by atoms with Crippen LogP contribution in [0.15, 0.2) is 12.2 Å². The minimum absolute atomic E-state index is 0.0656. The third-order valence-corrected chi connectivity index (χ3v) is 9.14. The summed E-state index contributed by atoms with van der Waals surface area (Å²) in [5.74, 6) is 0.894. The predicted octanol–water partition coefficient (Wildman–Crippen LogP) is 1.65. The van der Waals surface area contributed by atoms with Gasteiger partial charge in [-0.05, 0) is 61.9 Å². The molecule has 4 aliphatic carbocycles. The summed E-state index contributed by atoms with van der Waals surface area (Å²) in [6.45, 7) is 3.61. The van der Waals surface area contributed by atoms with E-state index in [4.69, 9.17) is 4.74 Å². The Morgan fingerprint density at radius 1 is 1.31 bits per heavy atom. The van der Waals surface area contributed by atoms with Crippen molar-refractivity contribution in [3.63, 3.8) is 0 Å². The van der Waals surface area contributed by atoms with Gasteiger partial charge < -0.3 is 14.9 Å². The topological polar surface area (TPSA) is 83.8 Å². The van der Waals surface area contributed by atoms with Crippen molar-refractivity contribution in [1.82, 2.24) is 0 Å². The summed E-state index contributed by atoms with van der Waals surface area (Å²) < 4.78 is 6.36. The molecule has 0 bridgehead atoms. The first-order valence-corrected chi connectivity index (χ1v) is 10.0. The Morgan fingerprint density at radius 2 is 2.08 bits per heavy atom. The molecule has 0 aromatic rings. The number of carbonyl (C=O) groups is 2. The van der Waals surface area contributed by atoms with E-state index in [1.165, 1.54) is 0 Å². The van der Waals surface area contributed by atoms with Crippen molar-refractivity contribution >= 4 is 11.6 Å². The zero-order valence-electron chi connectivity index (χ0n) is 15.5. The summed E-state index contributed by atoms with van der Waals surface area (Å²) in [5, 5.41) is 20.7. The van der Waals surface area contributed by atoms with Gasteiger partial charge in [0.1, 0.15) is 18.3 Å². The second-order valence-corrected chi connectivity index (χ2v) is 9.76. The van der Waals surface area contributed by atoms with Crippen LogP contribution < -0.4 is 0 Å². The van der Waals surface area contributed by atoms with Gasteiger partial charge in [0.2, 0.25) is 0 Å². The molecule has 142 valence electrons. The summed E-state index contributed by atoms with van der Waals surface area (Å²) in [5.41, 5.74) is -2.23. The molecule has 5 rings (SSSR count). The highest BCUT2D eigenvalue weighted by Gasteiger charge is 2.73. The quantitative estimate of drug-likeness (QED) is 0.782. The van der Waals surface area contributed by atoms with Crippen molar-refractivity contribution in [2.45, 2.75) is 63.8 Å². The van der Waals surface area contributed by atoms with E-state index < -0.39 is 23.4 Å². The first-order valence-electron chi connectivity index (χ1n) is 10.0. The zero-order chi connectivity index (χ0) is 18.5. The number of ketones is 2. The Balaban J connectivity index is 1.59. The highest BCUT2D eigenvalue weighted by molar-refractivity contribution is 5.95. The third-order valence-electron chi connectivity index (χ3n) is 9.14. The lowest BCUT2D eigenvalue weighted by Crippen LogP contribution is -2.61. The number of aliphatic hydroxyl groups excluding tert-OH is 1. The van der Waals surface area contributed by atoms with Gasteiger partial charge in [-0.1, -0.05) is 19.9 Å². The molecule has 1 saturated heterocycles. The number of allylic oxidation sites excluding steroid dienone is 1. The number of hydrogen-bond acceptors (Lipinski definition) is 5. The van der Waals surface area contributed by atoms with Crippen LogP contribution in [-0.2, 0) is 14.3 Å². The normalized spacial score (nSPS) is 57.0. The minimum atomic E-state index is -1.48. The van der Waals surface area contributed by atoms with E-state index in [0.717, 1.165) is 19.3 Å².